The first-order valence-electron chi connectivity index (χ1n) is 15.9. The standard InChI is InChI=1S/C36H55N3O4/c1-11-13-14-15-16-22-39(34(41)31(24(3)12-2)38-35(42)43-36(8,9)10)32(29-21-20-25(4)28(7)23-29)33(40)37-30-26(5)18-17-19-27(30)6/h17-21,23-24,31-32H,11-16,22H2,1-10H3,(H,37,40)(H,38,42). The van der Waals surface area contributed by atoms with Crippen LogP contribution in [0.25, 0.3) is 0 Å². The third-order valence-corrected chi connectivity index (χ3v) is 8.07. The second-order valence-corrected chi connectivity index (χ2v) is 13.0. The summed E-state index contributed by atoms with van der Waals surface area (Å²) in [7, 11) is 0. The number of nitrogens with one attached hydrogen (secondary N) is 2. The zero-order chi connectivity index (χ0) is 32.3. The molecule has 0 saturated heterocycles. The van der Waals surface area contributed by atoms with Crippen LogP contribution in [0.2, 0.25) is 0 Å². The summed E-state index contributed by atoms with van der Waals surface area (Å²) in [5, 5.41) is 6.03. The number of hydrogen-bond donors (Lipinski definition) is 2. The van der Waals surface area contributed by atoms with Gasteiger partial charge in [-0.05, 0) is 88.6 Å². The van der Waals surface area contributed by atoms with E-state index < -0.39 is 23.8 Å². The summed E-state index contributed by atoms with van der Waals surface area (Å²) in [5.74, 6) is -0.733. The minimum atomic E-state index is -0.885. The van der Waals surface area contributed by atoms with Crippen LogP contribution in [-0.4, -0.2) is 41.0 Å². The minimum absolute atomic E-state index is 0.176. The summed E-state index contributed by atoms with van der Waals surface area (Å²) in [5.41, 5.74) is 4.85. The highest BCUT2D eigenvalue weighted by Crippen LogP contribution is 2.29. The minimum Gasteiger partial charge on any atom is -0.444 e. The Morgan fingerprint density at radius 2 is 1.49 bits per heavy atom. The van der Waals surface area contributed by atoms with Crippen LogP contribution in [-0.2, 0) is 14.3 Å². The fraction of sp³-hybridized carbons (Fsp3) is 0.583. The van der Waals surface area contributed by atoms with Gasteiger partial charge in [0.1, 0.15) is 17.7 Å². The van der Waals surface area contributed by atoms with E-state index in [9.17, 15) is 14.4 Å². The number of carbonyl (C=O) groups is 3. The van der Waals surface area contributed by atoms with E-state index in [1.54, 1.807) is 25.7 Å². The van der Waals surface area contributed by atoms with Gasteiger partial charge in [-0.3, -0.25) is 9.59 Å². The van der Waals surface area contributed by atoms with Crippen molar-refractivity contribution in [2.24, 2.45) is 5.92 Å². The number of anilines is 1. The summed E-state index contributed by atoms with van der Waals surface area (Å²) in [4.78, 5) is 43.6. The molecule has 0 aromatic heterocycles. The molecule has 0 bridgehead atoms. The fourth-order valence-corrected chi connectivity index (χ4v) is 5.16. The van der Waals surface area contributed by atoms with Gasteiger partial charge in [0.15, 0.2) is 0 Å². The second-order valence-electron chi connectivity index (χ2n) is 13.0. The summed E-state index contributed by atoms with van der Waals surface area (Å²) in [6.45, 7) is 19.9. The van der Waals surface area contributed by atoms with Crippen molar-refractivity contribution in [1.29, 1.82) is 0 Å². The Morgan fingerprint density at radius 1 is 0.860 bits per heavy atom. The Bertz CT molecular complexity index is 1210. The number of hydrogen-bond acceptors (Lipinski definition) is 4. The van der Waals surface area contributed by atoms with Gasteiger partial charge in [0.25, 0.3) is 5.91 Å². The van der Waals surface area contributed by atoms with Gasteiger partial charge in [0, 0.05) is 12.2 Å². The highest BCUT2D eigenvalue weighted by Gasteiger charge is 2.38. The molecule has 0 heterocycles. The molecule has 0 saturated carbocycles. The average molecular weight is 594 g/mol. The van der Waals surface area contributed by atoms with E-state index in [4.69, 9.17) is 4.74 Å². The molecule has 0 aliphatic carbocycles. The van der Waals surface area contributed by atoms with E-state index in [0.29, 0.717) is 13.0 Å². The number of rotatable bonds is 14. The van der Waals surface area contributed by atoms with Crippen molar-refractivity contribution in [3.05, 3.63) is 64.2 Å². The van der Waals surface area contributed by atoms with Crippen molar-refractivity contribution in [2.75, 3.05) is 11.9 Å². The van der Waals surface area contributed by atoms with Gasteiger partial charge >= 0.3 is 6.09 Å². The van der Waals surface area contributed by atoms with E-state index in [1.165, 1.54) is 0 Å². The van der Waals surface area contributed by atoms with Gasteiger partial charge in [-0.2, -0.15) is 0 Å². The lowest BCUT2D eigenvalue weighted by Crippen LogP contribution is -2.55. The Balaban J connectivity index is 2.63. The molecule has 7 nitrogen and oxygen atoms in total. The second kappa shape index (κ2) is 16.5. The first-order chi connectivity index (χ1) is 20.2. The first kappa shape index (κ1) is 35.8. The molecule has 0 spiro atoms. The normalized spacial score (nSPS) is 13.5. The first-order valence-corrected chi connectivity index (χ1v) is 15.9. The number of benzene rings is 2. The summed E-state index contributed by atoms with van der Waals surface area (Å²) in [6, 6.07) is 10.1. The summed E-state index contributed by atoms with van der Waals surface area (Å²) < 4.78 is 5.54. The van der Waals surface area contributed by atoms with Crippen molar-refractivity contribution in [3.8, 4) is 0 Å². The fourth-order valence-electron chi connectivity index (χ4n) is 5.16. The molecule has 0 aliphatic heterocycles. The zero-order valence-corrected chi connectivity index (χ0v) is 28.2. The quantitative estimate of drug-likeness (QED) is 0.216. The number of nitrogens with zero attached hydrogens (tertiary/aromatic N) is 1. The van der Waals surface area contributed by atoms with Gasteiger partial charge in [-0.1, -0.05) is 89.3 Å². The monoisotopic (exact) mass is 593 g/mol. The number of aryl methyl sites for hydroxylation is 4. The van der Waals surface area contributed by atoms with Crippen LogP contribution in [0.15, 0.2) is 36.4 Å². The molecule has 0 radical (unpaired) electrons. The lowest BCUT2D eigenvalue weighted by molar-refractivity contribution is -0.142. The molecule has 3 atom stereocenters. The van der Waals surface area contributed by atoms with Crippen LogP contribution >= 0.6 is 0 Å². The number of unbranched alkanes of at least 4 members (excludes halogenated alkanes) is 4. The summed E-state index contributed by atoms with van der Waals surface area (Å²) in [6.07, 6.45) is 5.02. The van der Waals surface area contributed by atoms with Crippen LogP contribution in [0.5, 0.6) is 0 Å². The molecule has 3 unspecified atom stereocenters. The Hall–Kier alpha value is -3.35. The van der Waals surface area contributed by atoms with E-state index in [-0.39, 0.29) is 17.7 Å². The maximum Gasteiger partial charge on any atom is 0.408 e. The molecule has 43 heavy (non-hydrogen) atoms. The molecule has 2 N–H and O–H groups in total. The molecule has 2 aromatic carbocycles. The molecular formula is C36H55N3O4. The van der Waals surface area contributed by atoms with Crippen LogP contribution in [0.1, 0.15) is 114 Å². The molecule has 0 fully saturated rings. The van der Waals surface area contributed by atoms with Gasteiger partial charge in [-0.25, -0.2) is 4.79 Å². The Kier molecular flexibility index (Phi) is 13.7. The maximum atomic E-state index is 14.6. The molecule has 238 valence electrons. The summed E-state index contributed by atoms with van der Waals surface area (Å²) >= 11 is 0. The topological polar surface area (TPSA) is 87.7 Å². The van der Waals surface area contributed by atoms with Gasteiger partial charge < -0.3 is 20.3 Å². The van der Waals surface area contributed by atoms with Crippen molar-refractivity contribution in [2.45, 2.75) is 125 Å². The average Bonchev–Trinajstić information content (AvgIpc) is 2.93. The van der Waals surface area contributed by atoms with Crippen molar-refractivity contribution < 1.29 is 19.1 Å². The predicted octanol–water partition coefficient (Wildman–Crippen LogP) is 8.34. The number of alkyl carbamates (subject to hydrolysis) is 1. The molecule has 3 amide bonds. The van der Waals surface area contributed by atoms with Crippen LogP contribution in [0, 0.1) is 33.6 Å². The Labute approximate surface area is 260 Å². The van der Waals surface area contributed by atoms with E-state index in [1.807, 2.05) is 77.9 Å². The van der Waals surface area contributed by atoms with Crippen molar-refractivity contribution in [1.82, 2.24) is 10.2 Å². The largest absolute Gasteiger partial charge is 0.444 e. The third kappa shape index (κ3) is 10.7. The molecule has 2 rings (SSSR count). The number of para-hydroxylation sites is 1. The molecule has 2 aromatic rings. The number of amides is 3. The predicted molar refractivity (Wildman–Crippen MR) is 176 cm³/mol. The maximum absolute atomic E-state index is 14.6. The smallest absolute Gasteiger partial charge is 0.408 e. The van der Waals surface area contributed by atoms with Gasteiger partial charge in [0.2, 0.25) is 5.91 Å². The van der Waals surface area contributed by atoms with Crippen LogP contribution in [0.4, 0.5) is 10.5 Å². The van der Waals surface area contributed by atoms with E-state index in [0.717, 1.165) is 65.6 Å². The number of carbonyl (C=O) groups excluding carboxylic acids is 3. The van der Waals surface area contributed by atoms with Gasteiger partial charge in [0.05, 0.1) is 0 Å². The van der Waals surface area contributed by atoms with Gasteiger partial charge in [-0.15, -0.1) is 0 Å². The number of ether oxygens (including phenoxy) is 1. The highest BCUT2D eigenvalue weighted by atomic mass is 16.6. The molecule has 0 aliphatic rings. The lowest BCUT2D eigenvalue weighted by atomic mass is 9.94. The van der Waals surface area contributed by atoms with E-state index in [2.05, 4.69) is 17.6 Å². The highest BCUT2D eigenvalue weighted by molar-refractivity contribution is 6.00. The Morgan fingerprint density at radius 3 is 2.05 bits per heavy atom. The molecule has 7 heteroatoms. The van der Waals surface area contributed by atoms with Crippen LogP contribution < -0.4 is 10.6 Å². The van der Waals surface area contributed by atoms with Crippen molar-refractivity contribution >= 4 is 23.6 Å². The van der Waals surface area contributed by atoms with Crippen LogP contribution in [0.3, 0.4) is 0 Å². The SMILES string of the molecule is CCCCCCCN(C(=O)C(NC(=O)OC(C)(C)C)C(C)CC)C(C(=O)Nc1c(C)cccc1C)c1ccc(C)c(C)c1. The molecular weight excluding hydrogens is 538 g/mol. The van der Waals surface area contributed by atoms with Crippen molar-refractivity contribution in [3.63, 3.8) is 0 Å². The third-order valence-electron chi connectivity index (χ3n) is 8.07. The van der Waals surface area contributed by atoms with E-state index >= 15 is 0 Å². The lowest BCUT2D eigenvalue weighted by Gasteiger charge is -2.36. The zero-order valence-electron chi connectivity index (χ0n) is 28.2.